The lowest BCUT2D eigenvalue weighted by Crippen LogP contribution is -2.51. The highest BCUT2D eigenvalue weighted by Crippen LogP contribution is 2.41. The van der Waals surface area contributed by atoms with Gasteiger partial charge in [-0.2, -0.15) is 0 Å². The standard InChI is InChI=1S/C25H44O6Si/c1-10-30-23(27)17-21(26)25(5,6)22(31-32(8,9)24(2,3)4)15-16-29-18-19-11-13-20(28-7)14-12-19/h11-14,21-22,26H,10,15-18H2,1-9H3/t21-,22-/m0/s1. The summed E-state index contributed by atoms with van der Waals surface area (Å²) in [6, 6.07) is 7.79. The van der Waals surface area contributed by atoms with Crippen LogP contribution in [-0.2, 0) is 25.3 Å². The van der Waals surface area contributed by atoms with Crippen molar-refractivity contribution in [3.8, 4) is 5.75 Å². The van der Waals surface area contributed by atoms with Gasteiger partial charge in [0, 0.05) is 12.0 Å². The van der Waals surface area contributed by atoms with E-state index in [4.69, 9.17) is 18.6 Å². The number of hydrogen-bond acceptors (Lipinski definition) is 6. The van der Waals surface area contributed by atoms with E-state index in [2.05, 4.69) is 33.9 Å². The summed E-state index contributed by atoms with van der Waals surface area (Å²) >= 11 is 0. The zero-order valence-corrected chi connectivity index (χ0v) is 22.5. The normalized spacial score (nSPS) is 14.7. The maximum atomic E-state index is 12.0. The monoisotopic (exact) mass is 468 g/mol. The molecule has 7 heteroatoms. The van der Waals surface area contributed by atoms with E-state index in [1.54, 1.807) is 14.0 Å². The first-order valence-electron chi connectivity index (χ1n) is 11.5. The maximum Gasteiger partial charge on any atom is 0.308 e. The second kappa shape index (κ2) is 12.2. The summed E-state index contributed by atoms with van der Waals surface area (Å²) in [5.74, 6) is 0.420. The second-order valence-electron chi connectivity index (χ2n) is 10.4. The first kappa shape index (κ1) is 28.6. The number of carbonyl (C=O) groups excluding carboxylic acids is 1. The topological polar surface area (TPSA) is 74.2 Å². The Labute approximate surface area is 195 Å². The molecule has 1 aromatic carbocycles. The van der Waals surface area contributed by atoms with Gasteiger partial charge in [-0.05, 0) is 49.2 Å². The summed E-state index contributed by atoms with van der Waals surface area (Å²) in [6.45, 7) is 17.9. The number of ether oxygens (including phenoxy) is 3. The van der Waals surface area contributed by atoms with Gasteiger partial charge in [0.15, 0.2) is 8.32 Å². The molecule has 1 N–H and O–H groups in total. The van der Waals surface area contributed by atoms with Crippen LogP contribution >= 0.6 is 0 Å². The van der Waals surface area contributed by atoms with Crippen LogP contribution in [0, 0.1) is 5.41 Å². The molecule has 1 rings (SSSR count). The second-order valence-corrected chi connectivity index (χ2v) is 15.2. The van der Waals surface area contributed by atoms with Crippen molar-refractivity contribution in [2.24, 2.45) is 5.41 Å². The van der Waals surface area contributed by atoms with Gasteiger partial charge in [0.25, 0.3) is 0 Å². The van der Waals surface area contributed by atoms with Crippen molar-refractivity contribution in [1.82, 2.24) is 0 Å². The fraction of sp³-hybridized carbons (Fsp3) is 0.720. The molecule has 0 unspecified atom stereocenters. The fourth-order valence-corrected chi connectivity index (χ4v) is 4.56. The molecule has 0 spiro atoms. The smallest absolute Gasteiger partial charge is 0.308 e. The summed E-state index contributed by atoms with van der Waals surface area (Å²) < 4.78 is 22.9. The molecule has 32 heavy (non-hydrogen) atoms. The third kappa shape index (κ3) is 8.50. The van der Waals surface area contributed by atoms with Gasteiger partial charge >= 0.3 is 5.97 Å². The van der Waals surface area contributed by atoms with Crippen LogP contribution in [0.25, 0.3) is 0 Å². The van der Waals surface area contributed by atoms with Gasteiger partial charge in [0.05, 0.1) is 39.0 Å². The zero-order chi connectivity index (χ0) is 24.6. The summed E-state index contributed by atoms with van der Waals surface area (Å²) in [5.41, 5.74) is 0.417. The summed E-state index contributed by atoms with van der Waals surface area (Å²) in [5, 5.41) is 10.9. The molecule has 0 saturated carbocycles. The lowest BCUT2D eigenvalue weighted by atomic mass is 9.78. The molecular formula is C25H44O6Si. The van der Waals surface area contributed by atoms with E-state index in [-0.39, 0.29) is 17.6 Å². The van der Waals surface area contributed by atoms with Crippen molar-refractivity contribution < 1.29 is 28.5 Å². The molecule has 0 aliphatic heterocycles. The van der Waals surface area contributed by atoms with Crippen LogP contribution in [0.15, 0.2) is 24.3 Å². The minimum atomic E-state index is -2.11. The Morgan fingerprint density at radius 3 is 2.19 bits per heavy atom. The molecule has 184 valence electrons. The number of carbonyl (C=O) groups is 1. The van der Waals surface area contributed by atoms with Crippen LogP contribution in [0.4, 0.5) is 0 Å². The molecule has 0 aliphatic carbocycles. The molecule has 0 aliphatic rings. The van der Waals surface area contributed by atoms with Gasteiger partial charge in [0.1, 0.15) is 5.75 Å². The van der Waals surface area contributed by atoms with E-state index in [0.717, 1.165) is 11.3 Å². The van der Waals surface area contributed by atoms with Gasteiger partial charge in [0.2, 0.25) is 0 Å². The number of esters is 1. The van der Waals surface area contributed by atoms with Crippen LogP contribution in [0.2, 0.25) is 18.1 Å². The summed E-state index contributed by atoms with van der Waals surface area (Å²) in [4.78, 5) is 12.0. The lowest BCUT2D eigenvalue weighted by Gasteiger charge is -2.46. The van der Waals surface area contributed by atoms with Crippen LogP contribution in [0.5, 0.6) is 5.75 Å². The molecule has 0 saturated heterocycles. The predicted octanol–water partition coefficient (Wildman–Crippen LogP) is 5.33. The number of rotatable bonds is 13. The summed E-state index contributed by atoms with van der Waals surface area (Å²) in [7, 11) is -0.465. The number of benzene rings is 1. The predicted molar refractivity (Wildman–Crippen MR) is 130 cm³/mol. The lowest BCUT2D eigenvalue weighted by molar-refractivity contribution is -0.149. The number of aliphatic hydroxyl groups is 1. The van der Waals surface area contributed by atoms with E-state index >= 15 is 0 Å². The van der Waals surface area contributed by atoms with Crippen LogP contribution < -0.4 is 4.74 Å². The molecule has 1 aromatic rings. The molecule has 2 atom stereocenters. The minimum Gasteiger partial charge on any atom is -0.497 e. The average Bonchev–Trinajstić information content (AvgIpc) is 2.69. The van der Waals surface area contributed by atoms with Crippen LogP contribution in [0.1, 0.15) is 59.9 Å². The molecule has 0 aromatic heterocycles. The van der Waals surface area contributed by atoms with E-state index in [1.165, 1.54) is 0 Å². The Morgan fingerprint density at radius 2 is 1.69 bits per heavy atom. The third-order valence-electron chi connectivity index (χ3n) is 6.55. The van der Waals surface area contributed by atoms with Crippen LogP contribution in [-0.4, -0.2) is 51.9 Å². The Kier molecular flexibility index (Phi) is 10.9. The van der Waals surface area contributed by atoms with Crippen molar-refractivity contribution in [2.75, 3.05) is 20.3 Å². The number of aliphatic hydroxyl groups excluding tert-OH is 1. The van der Waals surface area contributed by atoms with Crippen molar-refractivity contribution in [2.45, 2.75) is 91.3 Å². The Morgan fingerprint density at radius 1 is 1.09 bits per heavy atom. The van der Waals surface area contributed by atoms with Crippen molar-refractivity contribution in [3.05, 3.63) is 29.8 Å². The molecule has 0 fully saturated rings. The average molecular weight is 469 g/mol. The quantitative estimate of drug-likeness (QED) is 0.239. The zero-order valence-electron chi connectivity index (χ0n) is 21.5. The number of hydrogen-bond donors (Lipinski definition) is 1. The highest BCUT2D eigenvalue weighted by atomic mass is 28.4. The van der Waals surface area contributed by atoms with Gasteiger partial charge in [-0.3, -0.25) is 4.79 Å². The minimum absolute atomic E-state index is 0.0252. The maximum absolute atomic E-state index is 12.0. The van der Waals surface area contributed by atoms with Crippen molar-refractivity contribution in [3.63, 3.8) is 0 Å². The van der Waals surface area contributed by atoms with E-state index in [1.807, 2.05) is 38.1 Å². The highest BCUT2D eigenvalue weighted by molar-refractivity contribution is 6.74. The number of methoxy groups -OCH3 is 1. The van der Waals surface area contributed by atoms with Crippen molar-refractivity contribution >= 4 is 14.3 Å². The highest BCUT2D eigenvalue weighted by Gasteiger charge is 2.45. The first-order chi connectivity index (χ1) is 14.7. The third-order valence-corrected chi connectivity index (χ3v) is 11.0. The van der Waals surface area contributed by atoms with Crippen LogP contribution in [0.3, 0.4) is 0 Å². The van der Waals surface area contributed by atoms with Gasteiger partial charge in [-0.15, -0.1) is 0 Å². The Balaban J connectivity index is 2.87. The van der Waals surface area contributed by atoms with E-state index in [0.29, 0.717) is 26.2 Å². The Hall–Kier alpha value is -1.41. The molecule has 0 amide bonds. The SMILES string of the molecule is CCOC(=O)C[C@H](O)C(C)(C)[C@H](CCOCc1ccc(OC)cc1)O[Si](C)(C)C(C)(C)C. The molecular weight excluding hydrogens is 424 g/mol. The summed E-state index contributed by atoms with van der Waals surface area (Å²) in [6.07, 6.45) is -0.568. The molecule has 0 heterocycles. The first-order valence-corrected chi connectivity index (χ1v) is 14.4. The van der Waals surface area contributed by atoms with Gasteiger partial charge < -0.3 is 23.7 Å². The van der Waals surface area contributed by atoms with E-state index in [9.17, 15) is 9.90 Å². The molecule has 6 nitrogen and oxygen atoms in total. The van der Waals surface area contributed by atoms with Crippen molar-refractivity contribution in [1.29, 1.82) is 0 Å². The molecule has 0 bridgehead atoms. The fourth-order valence-electron chi connectivity index (χ4n) is 3.07. The van der Waals surface area contributed by atoms with Gasteiger partial charge in [-0.25, -0.2) is 0 Å². The Bertz CT molecular complexity index is 693. The molecule has 0 radical (unpaired) electrons. The largest absolute Gasteiger partial charge is 0.497 e. The van der Waals surface area contributed by atoms with Gasteiger partial charge in [-0.1, -0.05) is 46.8 Å². The van der Waals surface area contributed by atoms with E-state index < -0.39 is 25.8 Å².